The molecule has 1 rings (SSSR count). The van der Waals surface area contributed by atoms with Crippen LogP contribution in [-0.4, -0.2) is 49.1 Å². The van der Waals surface area contributed by atoms with Gasteiger partial charge in [-0.25, -0.2) is 0 Å². The van der Waals surface area contributed by atoms with Gasteiger partial charge in [-0.3, -0.25) is 9.69 Å². The molecule has 0 bridgehead atoms. The fourth-order valence-electron chi connectivity index (χ4n) is 2.18. The first-order valence-electron chi connectivity index (χ1n) is 6.37. The van der Waals surface area contributed by atoms with Gasteiger partial charge in [-0.15, -0.1) is 0 Å². The number of nitrogens with one attached hydrogen (secondary N) is 2. The van der Waals surface area contributed by atoms with Crippen LogP contribution in [-0.2, 0) is 4.79 Å². The van der Waals surface area contributed by atoms with Crippen molar-refractivity contribution in [1.29, 1.82) is 0 Å². The summed E-state index contributed by atoms with van der Waals surface area (Å²) >= 11 is 0. The molecule has 2 atom stereocenters. The molecule has 1 aliphatic heterocycles. The smallest absolute Gasteiger partial charge is 0.234 e. The first-order valence-corrected chi connectivity index (χ1v) is 6.37. The van der Waals surface area contributed by atoms with Crippen LogP contribution in [0.5, 0.6) is 0 Å². The lowest BCUT2D eigenvalue weighted by Crippen LogP contribution is -2.52. The van der Waals surface area contributed by atoms with Crippen LogP contribution in [0.3, 0.4) is 0 Å². The number of amides is 1. The van der Waals surface area contributed by atoms with Crippen LogP contribution in [0.25, 0.3) is 0 Å². The fourth-order valence-corrected chi connectivity index (χ4v) is 2.18. The number of rotatable bonds is 5. The van der Waals surface area contributed by atoms with Crippen molar-refractivity contribution in [1.82, 2.24) is 15.5 Å². The fraction of sp³-hybridized carbons (Fsp3) is 0.917. The standard InChI is InChI=1S/C12H25N3O/c1-4-5-10(2)14-12(16)9-15-7-6-13-11(3)8-15/h10-11,13H,4-9H2,1-3H3,(H,14,16)/t10?,11-/m0/s1. The second-order valence-electron chi connectivity index (χ2n) is 4.85. The van der Waals surface area contributed by atoms with Gasteiger partial charge in [-0.05, 0) is 20.3 Å². The minimum atomic E-state index is 0.162. The quantitative estimate of drug-likeness (QED) is 0.722. The molecule has 0 saturated carbocycles. The summed E-state index contributed by atoms with van der Waals surface area (Å²) in [4.78, 5) is 13.9. The number of carbonyl (C=O) groups is 1. The van der Waals surface area contributed by atoms with E-state index in [-0.39, 0.29) is 5.91 Å². The molecule has 0 aliphatic carbocycles. The van der Waals surface area contributed by atoms with Gasteiger partial charge in [0.1, 0.15) is 0 Å². The lowest BCUT2D eigenvalue weighted by atomic mass is 10.2. The van der Waals surface area contributed by atoms with Gasteiger partial charge in [0.05, 0.1) is 6.54 Å². The van der Waals surface area contributed by atoms with Crippen molar-refractivity contribution in [2.45, 2.75) is 45.7 Å². The first kappa shape index (κ1) is 13.5. The third-order valence-corrected chi connectivity index (χ3v) is 2.95. The maximum atomic E-state index is 11.7. The number of carbonyl (C=O) groups excluding carboxylic acids is 1. The summed E-state index contributed by atoms with van der Waals surface area (Å²) in [7, 11) is 0. The van der Waals surface area contributed by atoms with Crippen molar-refractivity contribution in [2.75, 3.05) is 26.2 Å². The van der Waals surface area contributed by atoms with E-state index in [0.717, 1.165) is 32.5 Å². The zero-order valence-corrected chi connectivity index (χ0v) is 10.8. The summed E-state index contributed by atoms with van der Waals surface area (Å²) in [5.74, 6) is 0.162. The lowest BCUT2D eigenvalue weighted by Gasteiger charge is -2.31. The van der Waals surface area contributed by atoms with Gasteiger partial charge >= 0.3 is 0 Å². The number of hydrogen-bond donors (Lipinski definition) is 2. The van der Waals surface area contributed by atoms with Crippen LogP contribution in [0.1, 0.15) is 33.6 Å². The third kappa shape index (κ3) is 4.94. The highest BCUT2D eigenvalue weighted by Crippen LogP contribution is 1.99. The number of hydrogen-bond acceptors (Lipinski definition) is 3. The summed E-state index contributed by atoms with van der Waals surface area (Å²) in [6.07, 6.45) is 2.18. The predicted molar refractivity (Wildman–Crippen MR) is 66.4 cm³/mol. The molecule has 2 N–H and O–H groups in total. The minimum absolute atomic E-state index is 0.162. The van der Waals surface area contributed by atoms with E-state index in [1.165, 1.54) is 0 Å². The molecule has 1 unspecified atom stereocenters. The highest BCUT2D eigenvalue weighted by molar-refractivity contribution is 5.78. The molecule has 94 valence electrons. The van der Waals surface area contributed by atoms with Gasteiger partial charge in [0.25, 0.3) is 0 Å². The normalized spacial score (nSPS) is 24.1. The molecule has 0 aromatic carbocycles. The molecule has 0 aromatic heterocycles. The van der Waals surface area contributed by atoms with Crippen molar-refractivity contribution >= 4 is 5.91 Å². The molecule has 4 heteroatoms. The van der Waals surface area contributed by atoms with Gasteiger partial charge in [0.2, 0.25) is 5.91 Å². The van der Waals surface area contributed by atoms with Crippen molar-refractivity contribution in [3.63, 3.8) is 0 Å². The van der Waals surface area contributed by atoms with Crippen LogP contribution in [0.2, 0.25) is 0 Å². The zero-order valence-electron chi connectivity index (χ0n) is 10.8. The van der Waals surface area contributed by atoms with Gasteiger partial charge in [0, 0.05) is 31.7 Å². The Morgan fingerprint density at radius 1 is 1.62 bits per heavy atom. The molecule has 1 fully saturated rings. The molecule has 0 radical (unpaired) electrons. The minimum Gasteiger partial charge on any atom is -0.353 e. The third-order valence-electron chi connectivity index (χ3n) is 2.95. The van der Waals surface area contributed by atoms with Crippen molar-refractivity contribution in [2.24, 2.45) is 0 Å². The average molecular weight is 227 g/mol. The summed E-state index contributed by atoms with van der Waals surface area (Å²) < 4.78 is 0. The van der Waals surface area contributed by atoms with E-state index in [9.17, 15) is 4.79 Å². The van der Waals surface area contributed by atoms with E-state index in [4.69, 9.17) is 0 Å². The molecular weight excluding hydrogens is 202 g/mol. The summed E-state index contributed by atoms with van der Waals surface area (Å²) in [5.41, 5.74) is 0. The maximum Gasteiger partial charge on any atom is 0.234 e. The Bertz CT molecular complexity index is 220. The Balaban J connectivity index is 2.22. The summed E-state index contributed by atoms with van der Waals surface area (Å²) in [6, 6.07) is 0.799. The van der Waals surface area contributed by atoms with Crippen LogP contribution < -0.4 is 10.6 Å². The van der Waals surface area contributed by atoms with Crippen molar-refractivity contribution in [3.8, 4) is 0 Å². The van der Waals surface area contributed by atoms with Crippen molar-refractivity contribution in [3.05, 3.63) is 0 Å². The molecule has 0 aromatic rings. The number of nitrogens with zero attached hydrogens (tertiary/aromatic N) is 1. The average Bonchev–Trinajstić information content (AvgIpc) is 2.17. The topological polar surface area (TPSA) is 44.4 Å². The number of piperazine rings is 1. The monoisotopic (exact) mass is 227 g/mol. The molecule has 1 aliphatic rings. The molecule has 4 nitrogen and oxygen atoms in total. The van der Waals surface area contributed by atoms with Crippen LogP contribution in [0.4, 0.5) is 0 Å². The Labute approximate surface area is 98.8 Å². The summed E-state index contributed by atoms with van der Waals surface area (Å²) in [6.45, 7) is 9.83. The van der Waals surface area contributed by atoms with E-state index in [2.05, 4.69) is 36.3 Å². The van der Waals surface area contributed by atoms with Crippen LogP contribution in [0, 0.1) is 0 Å². The lowest BCUT2D eigenvalue weighted by molar-refractivity contribution is -0.123. The van der Waals surface area contributed by atoms with Crippen LogP contribution in [0.15, 0.2) is 0 Å². The largest absolute Gasteiger partial charge is 0.353 e. The molecule has 16 heavy (non-hydrogen) atoms. The molecule has 1 heterocycles. The van der Waals surface area contributed by atoms with Gasteiger partial charge in [-0.1, -0.05) is 13.3 Å². The van der Waals surface area contributed by atoms with E-state index in [0.29, 0.717) is 18.6 Å². The molecule has 0 spiro atoms. The van der Waals surface area contributed by atoms with E-state index in [1.807, 2.05) is 0 Å². The van der Waals surface area contributed by atoms with Crippen LogP contribution >= 0.6 is 0 Å². The zero-order chi connectivity index (χ0) is 12.0. The predicted octanol–water partition coefficient (Wildman–Crippen LogP) is 0.585. The Morgan fingerprint density at radius 2 is 2.38 bits per heavy atom. The SMILES string of the molecule is CCCC(C)NC(=O)CN1CCN[C@@H](C)C1. The second-order valence-corrected chi connectivity index (χ2v) is 4.85. The first-order chi connectivity index (χ1) is 7.61. The molecule has 1 amide bonds. The maximum absolute atomic E-state index is 11.7. The Hall–Kier alpha value is -0.610. The summed E-state index contributed by atoms with van der Waals surface area (Å²) in [5, 5.41) is 6.41. The molecule has 1 saturated heterocycles. The Morgan fingerprint density at radius 3 is 3.00 bits per heavy atom. The highest BCUT2D eigenvalue weighted by Gasteiger charge is 2.18. The van der Waals surface area contributed by atoms with E-state index >= 15 is 0 Å². The van der Waals surface area contributed by atoms with Crippen molar-refractivity contribution < 1.29 is 4.79 Å². The van der Waals surface area contributed by atoms with Gasteiger partial charge < -0.3 is 10.6 Å². The Kier molecular flexibility index (Phi) is 5.77. The highest BCUT2D eigenvalue weighted by atomic mass is 16.2. The second kappa shape index (κ2) is 6.86. The van der Waals surface area contributed by atoms with Gasteiger partial charge in [0.15, 0.2) is 0 Å². The molecular formula is C12H25N3O. The van der Waals surface area contributed by atoms with E-state index in [1.54, 1.807) is 0 Å². The van der Waals surface area contributed by atoms with E-state index < -0.39 is 0 Å². The van der Waals surface area contributed by atoms with Gasteiger partial charge in [-0.2, -0.15) is 0 Å².